The Morgan fingerprint density at radius 1 is 1.36 bits per heavy atom. The first-order valence-electron chi connectivity index (χ1n) is 4.83. The summed E-state index contributed by atoms with van der Waals surface area (Å²) in [6, 6.07) is 0. The minimum absolute atomic E-state index is 0.981. The number of nitrogens with zero attached hydrogens (tertiary/aromatic N) is 2. The van der Waals surface area contributed by atoms with Crippen LogP contribution in [0.3, 0.4) is 0 Å². The van der Waals surface area contributed by atoms with E-state index >= 15 is 0 Å². The molecule has 0 atom stereocenters. The third-order valence-electron chi connectivity index (χ3n) is 2.74. The van der Waals surface area contributed by atoms with Crippen molar-refractivity contribution in [3.05, 3.63) is 16.8 Å². The largest absolute Gasteiger partial charge is 0.372 e. The fraction of sp³-hybridized carbons (Fsp3) is 0.400. The predicted molar refractivity (Wildman–Crippen MR) is 59.0 cm³/mol. The second kappa shape index (κ2) is 2.92. The van der Waals surface area contributed by atoms with Crippen LogP contribution in [0.15, 0.2) is 6.33 Å². The Kier molecular flexibility index (Phi) is 1.70. The van der Waals surface area contributed by atoms with Crippen LogP contribution in [0.4, 0.5) is 5.82 Å². The number of hydrogen-bond acceptors (Lipinski definition) is 4. The first-order chi connectivity index (χ1) is 6.90. The lowest BCUT2D eigenvalue weighted by Gasteiger charge is -2.01. The van der Waals surface area contributed by atoms with Crippen LogP contribution in [0.2, 0.25) is 0 Å². The normalized spacial score (nSPS) is 14.6. The zero-order valence-electron chi connectivity index (χ0n) is 8.00. The fourth-order valence-corrected chi connectivity index (χ4v) is 3.35. The number of nitrogens with one attached hydrogen (secondary N) is 1. The Hall–Kier alpha value is -1.16. The zero-order chi connectivity index (χ0) is 9.54. The van der Waals surface area contributed by atoms with Gasteiger partial charge in [0.1, 0.15) is 17.0 Å². The van der Waals surface area contributed by atoms with Crippen LogP contribution in [0, 0.1) is 0 Å². The van der Waals surface area contributed by atoms with Crippen molar-refractivity contribution in [1.82, 2.24) is 9.97 Å². The van der Waals surface area contributed by atoms with Gasteiger partial charge in [-0.1, -0.05) is 0 Å². The topological polar surface area (TPSA) is 37.8 Å². The lowest BCUT2D eigenvalue weighted by Crippen LogP contribution is -1.94. The van der Waals surface area contributed by atoms with Crippen LogP contribution in [0.25, 0.3) is 10.2 Å². The van der Waals surface area contributed by atoms with Gasteiger partial charge in [0.15, 0.2) is 0 Å². The average molecular weight is 205 g/mol. The molecular formula is C10H11N3S. The van der Waals surface area contributed by atoms with E-state index in [9.17, 15) is 0 Å². The van der Waals surface area contributed by atoms with Gasteiger partial charge < -0.3 is 5.32 Å². The maximum Gasteiger partial charge on any atom is 0.138 e. The molecule has 0 saturated heterocycles. The first-order valence-corrected chi connectivity index (χ1v) is 5.65. The molecule has 14 heavy (non-hydrogen) atoms. The van der Waals surface area contributed by atoms with Crippen LogP contribution in [0.5, 0.6) is 0 Å². The second-order valence-electron chi connectivity index (χ2n) is 3.51. The number of aryl methyl sites for hydroxylation is 2. The summed E-state index contributed by atoms with van der Waals surface area (Å²) >= 11 is 1.82. The van der Waals surface area contributed by atoms with Gasteiger partial charge in [0, 0.05) is 11.9 Å². The second-order valence-corrected chi connectivity index (χ2v) is 4.59. The van der Waals surface area contributed by atoms with Crippen LogP contribution >= 0.6 is 11.3 Å². The molecule has 1 aliphatic rings. The molecule has 1 N–H and O–H groups in total. The molecule has 3 rings (SSSR count). The van der Waals surface area contributed by atoms with Gasteiger partial charge in [0.05, 0.1) is 5.39 Å². The van der Waals surface area contributed by atoms with E-state index in [2.05, 4.69) is 15.3 Å². The Morgan fingerprint density at radius 3 is 3.14 bits per heavy atom. The summed E-state index contributed by atoms with van der Waals surface area (Å²) in [4.78, 5) is 11.2. The molecule has 0 saturated carbocycles. The molecule has 4 heteroatoms. The lowest BCUT2D eigenvalue weighted by atomic mass is 10.2. The van der Waals surface area contributed by atoms with E-state index in [4.69, 9.17) is 0 Å². The van der Waals surface area contributed by atoms with Crippen LogP contribution < -0.4 is 5.32 Å². The van der Waals surface area contributed by atoms with E-state index in [1.807, 2.05) is 18.4 Å². The van der Waals surface area contributed by atoms with Crippen LogP contribution in [-0.2, 0) is 12.8 Å². The highest BCUT2D eigenvalue weighted by Gasteiger charge is 2.20. The van der Waals surface area contributed by atoms with E-state index in [0.29, 0.717) is 0 Å². The maximum absolute atomic E-state index is 4.32. The minimum Gasteiger partial charge on any atom is -0.372 e. The molecular weight excluding hydrogens is 194 g/mol. The lowest BCUT2D eigenvalue weighted by molar-refractivity contribution is 0.917. The first kappa shape index (κ1) is 8.17. The van der Waals surface area contributed by atoms with E-state index in [-0.39, 0.29) is 0 Å². The van der Waals surface area contributed by atoms with E-state index in [1.165, 1.54) is 35.1 Å². The smallest absolute Gasteiger partial charge is 0.138 e. The monoisotopic (exact) mass is 205 g/mol. The Bertz CT molecular complexity index is 489. The number of fused-ring (bicyclic) bond motifs is 3. The number of rotatable bonds is 1. The summed E-state index contributed by atoms with van der Waals surface area (Å²) in [6.45, 7) is 0. The molecule has 0 aromatic carbocycles. The third kappa shape index (κ3) is 0.973. The minimum atomic E-state index is 0.981. The fourth-order valence-electron chi connectivity index (χ4n) is 2.12. The zero-order valence-corrected chi connectivity index (χ0v) is 8.82. The highest BCUT2D eigenvalue weighted by Crippen LogP contribution is 2.38. The van der Waals surface area contributed by atoms with Crippen LogP contribution in [-0.4, -0.2) is 17.0 Å². The molecule has 0 spiro atoms. The Balaban J connectivity index is 2.39. The molecule has 0 aliphatic heterocycles. The summed E-state index contributed by atoms with van der Waals surface area (Å²) in [5, 5.41) is 4.40. The molecule has 2 heterocycles. The van der Waals surface area contributed by atoms with Crippen molar-refractivity contribution in [2.75, 3.05) is 12.4 Å². The molecule has 1 aliphatic carbocycles. The molecule has 2 aromatic heterocycles. The maximum atomic E-state index is 4.32. The summed E-state index contributed by atoms with van der Waals surface area (Å²) in [5.74, 6) is 0.981. The summed E-state index contributed by atoms with van der Waals surface area (Å²) < 4.78 is 0. The van der Waals surface area contributed by atoms with E-state index in [0.717, 1.165) is 10.6 Å². The quantitative estimate of drug-likeness (QED) is 0.775. The third-order valence-corrected chi connectivity index (χ3v) is 3.94. The molecule has 0 amide bonds. The van der Waals surface area contributed by atoms with Crippen molar-refractivity contribution in [2.45, 2.75) is 19.3 Å². The van der Waals surface area contributed by atoms with Crippen molar-refractivity contribution in [1.29, 1.82) is 0 Å². The van der Waals surface area contributed by atoms with Gasteiger partial charge in [-0.2, -0.15) is 0 Å². The number of aromatic nitrogens is 2. The van der Waals surface area contributed by atoms with Gasteiger partial charge in [-0.25, -0.2) is 9.97 Å². The van der Waals surface area contributed by atoms with Crippen molar-refractivity contribution < 1.29 is 0 Å². The standard InChI is InChI=1S/C10H11N3S/c1-11-9-8-6-3-2-4-7(6)14-10(8)13-5-12-9/h5H,2-4H2,1H3,(H,11,12,13). The van der Waals surface area contributed by atoms with Crippen LogP contribution in [0.1, 0.15) is 16.9 Å². The van der Waals surface area contributed by atoms with Gasteiger partial charge in [0.25, 0.3) is 0 Å². The van der Waals surface area contributed by atoms with Gasteiger partial charge >= 0.3 is 0 Å². The van der Waals surface area contributed by atoms with Crippen molar-refractivity contribution >= 4 is 27.4 Å². The highest BCUT2D eigenvalue weighted by molar-refractivity contribution is 7.19. The van der Waals surface area contributed by atoms with E-state index < -0.39 is 0 Å². The highest BCUT2D eigenvalue weighted by atomic mass is 32.1. The van der Waals surface area contributed by atoms with Gasteiger partial charge in [-0.3, -0.25) is 0 Å². The van der Waals surface area contributed by atoms with Gasteiger partial charge in [-0.05, 0) is 24.8 Å². The molecule has 0 unspecified atom stereocenters. The number of thiophene rings is 1. The summed E-state index contributed by atoms with van der Waals surface area (Å²) in [6.07, 6.45) is 5.34. The molecule has 0 radical (unpaired) electrons. The van der Waals surface area contributed by atoms with E-state index in [1.54, 1.807) is 6.33 Å². The van der Waals surface area contributed by atoms with Gasteiger partial charge in [-0.15, -0.1) is 11.3 Å². The molecule has 72 valence electrons. The average Bonchev–Trinajstić information content (AvgIpc) is 2.75. The molecule has 3 nitrogen and oxygen atoms in total. The summed E-state index contributed by atoms with van der Waals surface area (Å²) in [7, 11) is 1.92. The summed E-state index contributed by atoms with van der Waals surface area (Å²) in [5.41, 5.74) is 1.48. The Labute approximate surface area is 86.2 Å². The van der Waals surface area contributed by atoms with Crippen molar-refractivity contribution in [3.63, 3.8) is 0 Å². The molecule has 0 fully saturated rings. The van der Waals surface area contributed by atoms with Crippen molar-refractivity contribution in [2.24, 2.45) is 0 Å². The SMILES string of the molecule is CNc1ncnc2sc3c(c12)CCC3. The predicted octanol–water partition coefficient (Wildman–Crippen LogP) is 2.22. The van der Waals surface area contributed by atoms with Crippen molar-refractivity contribution in [3.8, 4) is 0 Å². The molecule has 0 bridgehead atoms. The number of anilines is 1. The number of hydrogen-bond donors (Lipinski definition) is 1. The van der Waals surface area contributed by atoms with Gasteiger partial charge in [0.2, 0.25) is 0 Å². The Morgan fingerprint density at radius 2 is 2.29 bits per heavy atom. The molecule has 2 aromatic rings.